The van der Waals surface area contributed by atoms with Crippen LogP contribution in [0.25, 0.3) is 10.9 Å². The van der Waals surface area contributed by atoms with Crippen molar-refractivity contribution >= 4 is 16.8 Å². The van der Waals surface area contributed by atoms with Crippen LogP contribution >= 0.6 is 0 Å². The summed E-state index contributed by atoms with van der Waals surface area (Å²) in [5, 5.41) is 3.92. The number of halogens is 3. The van der Waals surface area contributed by atoms with E-state index in [1.807, 2.05) is 25.1 Å². The fraction of sp³-hybridized carbons (Fsp3) is 0.407. The summed E-state index contributed by atoms with van der Waals surface area (Å²) in [4.78, 5) is 19.9. The van der Waals surface area contributed by atoms with Gasteiger partial charge in [-0.3, -0.25) is 14.7 Å². The van der Waals surface area contributed by atoms with Crippen molar-refractivity contribution < 1.29 is 27.4 Å². The highest BCUT2D eigenvalue weighted by atomic mass is 19.4. The molecule has 1 saturated heterocycles. The van der Waals surface area contributed by atoms with Crippen LogP contribution in [-0.2, 0) is 5.54 Å². The largest absolute Gasteiger partial charge is 0.492 e. The van der Waals surface area contributed by atoms with Crippen molar-refractivity contribution in [1.82, 2.24) is 15.2 Å². The number of aromatic nitrogens is 1. The molecule has 5 rings (SSSR count). The van der Waals surface area contributed by atoms with Gasteiger partial charge in [0.05, 0.1) is 11.1 Å². The van der Waals surface area contributed by atoms with Gasteiger partial charge in [0, 0.05) is 29.3 Å². The van der Waals surface area contributed by atoms with Crippen LogP contribution in [0.15, 0.2) is 48.7 Å². The van der Waals surface area contributed by atoms with Crippen LogP contribution < -0.4 is 14.8 Å². The Morgan fingerprint density at radius 1 is 1.17 bits per heavy atom. The predicted molar refractivity (Wildman–Crippen MR) is 129 cm³/mol. The summed E-state index contributed by atoms with van der Waals surface area (Å²) in [7, 11) is 2.06. The molecule has 1 saturated carbocycles. The number of nitrogens with one attached hydrogen (secondary N) is 1. The Labute approximate surface area is 207 Å². The fourth-order valence-electron chi connectivity index (χ4n) is 4.58. The molecule has 2 fully saturated rings. The first kappa shape index (κ1) is 24.4. The molecule has 1 aliphatic carbocycles. The molecule has 0 bridgehead atoms. The van der Waals surface area contributed by atoms with Gasteiger partial charge >= 0.3 is 6.18 Å². The van der Waals surface area contributed by atoms with E-state index in [0.717, 1.165) is 23.9 Å². The van der Waals surface area contributed by atoms with Gasteiger partial charge in [0.15, 0.2) is 6.61 Å². The number of carbonyl (C=O) groups is 1. The van der Waals surface area contributed by atoms with Crippen LogP contribution in [0.3, 0.4) is 0 Å². The molecule has 1 atom stereocenters. The minimum absolute atomic E-state index is 0.0709. The van der Waals surface area contributed by atoms with Crippen LogP contribution in [0.5, 0.6) is 11.5 Å². The third kappa shape index (κ3) is 5.11. The molecule has 190 valence electrons. The Morgan fingerprint density at radius 3 is 2.64 bits per heavy atom. The van der Waals surface area contributed by atoms with E-state index in [2.05, 4.69) is 22.2 Å². The van der Waals surface area contributed by atoms with Crippen molar-refractivity contribution in [3.8, 4) is 11.5 Å². The van der Waals surface area contributed by atoms with Crippen molar-refractivity contribution in [2.24, 2.45) is 0 Å². The highest BCUT2D eigenvalue weighted by molar-refractivity contribution is 5.97. The van der Waals surface area contributed by atoms with E-state index in [1.54, 1.807) is 24.4 Å². The Morgan fingerprint density at radius 2 is 1.97 bits per heavy atom. The number of alkyl halides is 3. The van der Waals surface area contributed by atoms with Gasteiger partial charge in [-0.1, -0.05) is 12.1 Å². The van der Waals surface area contributed by atoms with E-state index < -0.39 is 18.3 Å². The third-order valence-electron chi connectivity index (χ3n) is 7.05. The van der Waals surface area contributed by atoms with Gasteiger partial charge in [-0.2, -0.15) is 13.2 Å². The predicted octanol–water partition coefficient (Wildman–Crippen LogP) is 4.99. The molecular formula is C27H28F3N3O3. The Hall–Kier alpha value is -3.33. The summed E-state index contributed by atoms with van der Waals surface area (Å²) in [6.45, 7) is 2.09. The van der Waals surface area contributed by atoms with Crippen LogP contribution in [-0.4, -0.2) is 54.8 Å². The van der Waals surface area contributed by atoms with Gasteiger partial charge in [0.2, 0.25) is 0 Å². The lowest BCUT2D eigenvalue weighted by Gasteiger charge is -2.37. The number of rotatable bonds is 8. The normalized spacial score (nSPS) is 19.0. The number of likely N-dealkylation sites (tertiary alicyclic amines) is 1. The number of fused-ring (bicyclic) bond motifs is 1. The molecule has 0 unspecified atom stereocenters. The van der Waals surface area contributed by atoms with E-state index in [1.165, 1.54) is 6.07 Å². The molecule has 1 N–H and O–H groups in total. The van der Waals surface area contributed by atoms with Crippen molar-refractivity contribution in [3.05, 3.63) is 65.4 Å². The number of hydrogen-bond donors (Lipinski definition) is 1. The van der Waals surface area contributed by atoms with Crippen molar-refractivity contribution in [2.45, 2.75) is 43.9 Å². The van der Waals surface area contributed by atoms with Gasteiger partial charge in [0.25, 0.3) is 5.91 Å². The molecular weight excluding hydrogens is 471 g/mol. The van der Waals surface area contributed by atoms with Crippen molar-refractivity contribution in [3.63, 3.8) is 0 Å². The van der Waals surface area contributed by atoms with Gasteiger partial charge in [-0.15, -0.1) is 0 Å². The molecule has 6 nitrogen and oxygen atoms in total. The number of benzene rings is 2. The summed E-state index contributed by atoms with van der Waals surface area (Å²) in [5.74, 6) is 0.449. The summed E-state index contributed by atoms with van der Waals surface area (Å²) >= 11 is 0. The first-order valence-corrected chi connectivity index (χ1v) is 12.0. The summed E-state index contributed by atoms with van der Waals surface area (Å²) in [6.07, 6.45) is -0.465. The highest BCUT2D eigenvalue weighted by Crippen LogP contribution is 2.49. The quantitative estimate of drug-likeness (QED) is 0.473. The van der Waals surface area contributed by atoms with Gasteiger partial charge in [0.1, 0.15) is 18.1 Å². The molecule has 9 heteroatoms. The first-order valence-electron chi connectivity index (χ1n) is 12.0. The van der Waals surface area contributed by atoms with E-state index in [9.17, 15) is 18.0 Å². The molecule has 2 aromatic carbocycles. The number of hydrogen-bond acceptors (Lipinski definition) is 5. The van der Waals surface area contributed by atoms with Crippen molar-refractivity contribution in [1.29, 1.82) is 0 Å². The molecule has 1 aromatic heterocycles. The second-order valence-corrected chi connectivity index (χ2v) is 9.69. The summed E-state index contributed by atoms with van der Waals surface area (Å²) < 4.78 is 49.3. The van der Waals surface area contributed by atoms with Crippen LogP contribution in [0.1, 0.15) is 40.7 Å². The second-order valence-electron chi connectivity index (χ2n) is 9.69. The molecule has 36 heavy (non-hydrogen) atoms. The van der Waals surface area contributed by atoms with E-state index >= 15 is 0 Å². The van der Waals surface area contributed by atoms with Crippen LogP contribution in [0.4, 0.5) is 13.2 Å². The maximum atomic E-state index is 13.4. The minimum Gasteiger partial charge on any atom is -0.492 e. The standard InChI is InChI=1S/C27H28F3N3O3/c1-17-5-6-19(35-15-18-7-11-33(18)2)12-22(17)25(34)32-26(8-9-26)23-13-20(36-16-27(28,29)30)14-24-21(23)4-3-10-31-24/h3-6,10,12-14,18H,7-9,11,15-16H2,1-2H3,(H,32,34)/t18-/m0/s1. The zero-order valence-electron chi connectivity index (χ0n) is 20.2. The van der Waals surface area contributed by atoms with Gasteiger partial charge in [-0.05, 0) is 75.2 Å². The van der Waals surface area contributed by atoms with Crippen LogP contribution in [0, 0.1) is 6.92 Å². The monoisotopic (exact) mass is 499 g/mol. The average molecular weight is 500 g/mol. The number of ether oxygens (including phenoxy) is 2. The third-order valence-corrected chi connectivity index (χ3v) is 7.05. The number of pyridine rings is 1. The van der Waals surface area contributed by atoms with Crippen molar-refractivity contribution in [2.75, 3.05) is 26.8 Å². The topological polar surface area (TPSA) is 63.7 Å². The smallest absolute Gasteiger partial charge is 0.422 e. The Kier molecular flexibility index (Phi) is 6.28. The average Bonchev–Trinajstić information content (AvgIpc) is 3.62. The molecule has 2 aliphatic rings. The molecule has 3 aromatic rings. The molecule has 1 aliphatic heterocycles. The number of aryl methyl sites for hydroxylation is 1. The van der Waals surface area contributed by atoms with Crippen LogP contribution in [0.2, 0.25) is 0 Å². The van der Waals surface area contributed by atoms with E-state index in [0.29, 0.717) is 47.9 Å². The number of carbonyl (C=O) groups excluding carboxylic acids is 1. The zero-order valence-corrected chi connectivity index (χ0v) is 20.2. The highest BCUT2D eigenvalue weighted by Gasteiger charge is 2.47. The maximum Gasteiger partial charge on any atom is 0.422 e. The number of likely N-dealkylation sites (N-methyl/N-ethyl adjacent to an activating group) is 1. The van der Waals surface area contributed by atoms with Gasteiger partial charge in [-0.25, -0.2) is 0 Å². The first-order chi connectivity index (χ1) is 17.1. The molecule has 2 heterocycles. The summed E-state index contributed by atoms with van der Waals surface area (Å²) in [6, 6.07) is 12.6. The molecule has 0 radical (unpaired) electrons. The van der Waals surface area contributed by atoms with Gasteiger partial charge < -0.3 is 14.8 Å². The Bertz CT molecular complexity index is 1290. The lowest BCUT2D eigenvalue weighted by atomic mass is 9.97. The lowest BCUT2D eigenvalue weighted by Crippen LogP contribution is -2.48. The fourth-order valence-corrected chi connectivity index (χ4v) is 4.58. The number of nitrogens with zero attached hydrogens (tertiary/aromatic N) is 2. The SMILES string of the molecule is Cc1ccc(OC[C@@H]2CCN2C)cc1C(=O)NC1(c2cc(OCC(F)(F)F)cc3ncccc23)CC1. The lowest BCUT2D eigenvalue weighted by molar-refractivity contribution is -0.153. The van der Waals surface area contributed by atoms with E-state index in [4.69, 9.17) is 9.47 Å². The minimum atomic E-state index is -4.45. The second kappa shape index (κ2) is 9.28. The summed E-state index contributed by atoms with van der Waals surface area (Å²) in [5.41, 5.74) is 1.84. The molecule has 0 spiro atoms. The maximum absolute atomic E-state index is 13.4. The zero-order chi connectivity index (χ0) is 25.5. The number of amides is 1. The van der Waals surface area contributed by atoms with E-state index in [-0.39, 0.29) is 11.7 Å². The Balaban J connectivity index is 1.39. The molecule has 1 amide bonds.